The first-order valence-electron chi connectivity index (χ1n) is 34.5. The van der Waals surface area contributed by atoms with E-state index in [4.69, 9.17) is 14.2 Å². The number of unbranched alkanes of at least 4 members (excludes halogenated alkanes) is 47. The van der Waals surface area contributed by atoms with Crippen molar-refractivity contribution < 1.29 is 28.6 Å². The fourth-order valence-corrected chi connectivity index (χ4v) is 10.5. The normalized spacial score (nSPS) is 12.2. The molecule has 0 saturated heterocycles. The molecule has 6 nitrogen and oxygen atoms in total. The van der Waals surface area contributed by atoms with Crippen molar-refractivity contribution >= 4 is 17.9 Å². The van der Waals surface area contributed by atoms with Crippen molar-refractivity contribution in [2.45, 2.75) is 386 Å². The highest BCUT2D eigenvalue weighted by Crippen LogP contribution is 2.19. The molecule has 0 aliphatic rings. The van der Waals surface area contributed by atoms with Crippen molar-refractivity contribution in [3.8, 4) is 0 Å². The van der Waals surface area contributed by atoms with Crippen molar-refractivity contribution in [1.82, 2.24) is 0 Å². The topological polar surface area (TPSA) is 78.9 Å². The standard InChI is InChI=1S/C71H132O6/c1-4-7-10-13-16-19-22-25-27-29-31-33-34-35-36-38-39-41-43-46-49-52-55-58-61-64-70(73)76-67-68(66-75-69(72)63-60-57-54-51-48-45-24-21-18-15-12-9-6-3)77-71(74)65-62-59-56-53-50-47-44-42-40-37-32-30-28-26-23-20-17-14-11-8-5-2/h9,12,18,21,45,48,68H,4-8,10-11,13-17,19-20,22-44,46-47,49-67H2,1-3H3/b12-9-,21-18-,48-45-. The van der Waals surface area contributed by atoms with Gasteiger partial charge in [0.25, 0.3) is 0 Å². The van der Waals surface area contributed by atoms with E-state index < -0.39 is 6.10 Å². The van der Waals surface area contributed by atoms with E-state index >= 15 is 0 Å². The van der Waals surface area contributed by atoms with Crippen LogP contribution in [0.15, 0.2) is 36.5 Å². The lowest BCUT2D eigenvalue weighted by atomic mass is 10.0. The zero-order chi connectivity index (χ0) is 55.7. The van der Waals surface area contributed by atoms with E-state index in [1.165, 1.54) is 257 Å². The number of ether oxygens (including phenoxy) is 3. The lowest BCUT2D eigenvalue weighted by Crippen LogP contribution is -2.30. The molecule has 0 saturated carbocycles. The summed E-state index contributed by atoms with van der Waals surface area (Å²) < 4.78 is 16.9. The maximum absolute atomic E-state index is 12.9. The summed E-state index contributed by atoms with van der Waals surface area (Å²) in [5, 5.41) is 0. The second-order valence-electron chi connectivity index (χ2n) is 23.4. The first kappa shape index (κ1) is 74.6. The predicted octanol–water partition coefficient (Wildman–Crippen LogP) is 23.6. The van der Waals surface area contributed by atoms with E-state index in [-0.39, 0.29) is 31.1 Å². The van der Waals surface area contributed by atoms with Crippen molar-refractivity contribution in [3.05, 3.63) is 36.5 Å². The van der Waals surface area contributed by atoms with Gasteiger partial charge in [0.2, 0.25) is 0 Å². The number of rotatable bonds is 64. The average molecular weight is 1080 g/mol. The van der Waals surface area contributed by atoms with E-state index in [0.717, 1.165) is 83.5 Å². The summed E-state index contributed by atoms with van der Waals surface area (Å²) in [5.74, 6) is -0.878. The molecule has 6 heteroatoms. The largest absolute Gasteiger partial charge is 0.462 e. The Morgan fingerprint density at radius 2 is 0.506 bits per heavy atom. The molecule has 452 valence electrons. The minimum Gasteiger partial charge on any atom is -0.462 e. The number of hydrogen-bond acceptors (Lipinski definition) is 6. The summed E-state index contributed by atoms with van der Waals surface area (Å²) in [6.07, 6.45) is 81.8. The van der Waals surface area contributed by atoms with Crippen LogP contribution >= 0.6 is 0 Å². The second kappa shape index (κ2) is 66.1. The second-order valence-corrected chi connectivity index (χ2v) is 23.4. The van der Waals surface area contributed by atoms with Crippen LogP contribution in [-0.4, -0.2) is 37.2 Å². The third-order valence-electron chi connectivity index (χ3n) is 15.7. The molecule has 0 N–H and O–H groups in total. The molecule has 1 unspecified atom stereocenters. The van der Waals surface area contributed by atoms with Crippen LogP contribution in [0.4, 0.5) is 0 Å². The first-order chi connectivity index (χ1) is 38.0. The lowest BCUT2D eigenvalue weighted by molar-refractivity contribution is -0.167. The van der Waals surface area contributed by atoms with E-state index in [1.54, 1.807) is 0 Å². The van der Waals surface area contributed by atoms with Gasteiger partial charge in [-0.1, -0.05) is 346 Å². The Morgan fingerprint density at radius 3 is 0.792 bits per heavy atom. The van der Waals surface area contributed by atoms with Crippen LogP contribution in [-0.2, 0) is 28.6 Å². The maximum atomic E-state index is 12.9. The highest BCUT2D eigenvalue weighted by Gasteiger charge is 2.19. The molecule has 0 amide bonds. The van der Waals surface area contributed by atoms with Gasteiger partial charge in [0.05, 0.1) is 0 Å². The highest BCUT2D eigenvalue weighted by atomic mass is 16.6. The number of hydrogen-bond donors (Lipinski definition) is 0. The van der Waals surface area contributed by atoms with Crippen molar-refractivity contribution in [2.75, 3.05) is 13.2 Å². The molecule has 0 aliphatic heterocycles. The van der Waals surface area contributed by atoms with Gasteiger partial charge in [0.15, 0.2) is 6.10 Å². The van der Waals surface area contributed by atoms with Gasteiger partial charge in [0, 0.05) is 19.3 Å². The molecule has 0 aromatic rings. The quantitative estimate of drug-likeness (QED) is 0.0261. The van der Waals surface area contributed by atoms with Crippen LogP contribution in [0, 0.1) is 0 Å². The predicted molar refractivity (Wildman–Crippen MR) is 335 cm³/mol. The van der Waals surface area contributed by atoms with Gasteiger partial charge >= 0.3 is 17.9 Å². The van der Waals surface area contributed by atoms with E-state index in [2.05, 4.69) is 57.2 Å². The van der Waals surface area contributed by atoms with E-state index in [9.17, 15) is 14.4 Å². The monoisotopic (exact) mass is 1080 g/mol. The first-order valence-corrected chi connectivity index (χ1v) is 34.5. The fraction of sp³-hybridized carbons (Fsp3) is 0.873. The molecule has 0 aliphatic carbocycles. The Morgan fingerprint density at radius 1 is 0.273 bits per heavy atom. The molecule has 0 aromatic heterocycles. The molecule has 0 heterocycles. The van der Waals surface area contributed by atoms with Gasteiger partial charge in [-0.2, -0.15) is 0 Å². The third kappa shape index (κ3) is 64.3. The van der Waals surface area contributed by atoms with E-state index in [1.807, 2.05) is 0 Å². The summed E-state index contributed by atoms with van der Waals surface area (Å²) in [4.78, 5) is 38.4. The van der Waals surface area contributed by atoms with Gasteiger partial charge < -0.3 is 14.2 Å². The Bertz CT molecular complexity index is 1290. The molecule has 0 rings (SSSR count). The SMILES string of the molecule is CC/C=C\C/C=C\C/C=C\CCCCCC(=O)OCC(COC(=O)CCCCCCCCCCCCCCCCCCCCCCCCCCC)OC(=O)CCCCCCCCCCCCCCCCCCCCCCC. The smallest absolute Gasteiger partial charge is 0.306 e. The minimum absolute atomic E-state index is 0.0758. The minimum atomic E-state index is -0.781. The molecule has 0 bridgehead atoms. The van der Waals surface area contributed by atoms with Gasteiger partial charge in [-0.3, -0.25) is 14.4 Å². The Balaban J connectivity index is 4.23. The number of carbonyl (C=O) groups excluding carboxylic acids is 3. The van der Waals surface area contributed by atoms with Crippen LogP contribution in [0.25, 0.3) is 0 Å². The van der Waals surface area contributed by atoms with Crippen LogP contribution in [0.2, 0.25) is 0 Å². The summed E-state index contributed by atoms with van der Waals surface area (Å²) in [7, 11) is 0. The zero-order valence-corrected chi connectivity index (χ0v) is 52.0. The van der Waals surface area contributed by atoms with Crippen molar-refractivity contribution in [3.63, 3.8) is 0 Å². The Hall–Kier alpha value is -2.37. The highest BCUT2D eigenvalue weighted by molar-refractivity contribution is 5.71. The van der Waals surface area contributed by atoms with Crippen LogP contribution in [0.1, 0.15) is 380 Å². The van der Waals surface area contributed by atoms with E-state index in [0.29, 0.717) is 19.3 Å². The molecule has 1 atom stereocenters. The molecule has 0 radical (unpaired) electrons. The summed E-state index contributed by atoms with van der Waals surface area (Å²) in [5.41, 5.74) is 0. The maximum Gasteiger partial charge on any atom is 0.306 e. The number of carbonyl (C=O) groups is 3. The van der Waals surface area contributed by atoms with Gasteiger partial charge in [-0.25, -0.2) is 0 Å². The van der Waals surface area contributed by atoms with Gasteiger partial charge in [-0.05, 0) is 51.4 Å². The molecule has 0 fully saturated rings. The number of esters is 3. The zero-order valence-electron chi connectivity index (χ0n) is 52.0. The molecular formula is C71H132O6. The number of allylic oxidation sites excluding steroid dienone is 6. The van der Waals surface area contributed by atoms with Crippen molar-refractivity contribution in [2.24, 2.45) is 0 Å². The van der Waals surface area contributed by atoms with Gasteiger partial charge in [0.1, 0.15) is 13.2 Å². The summed E-state index contributed by atoms with van der Waals surface area (Å²) >= 11 is 0. The van der Waals surface area contributed by atoms with Crippen LogP contribution in [0.5, 0.6) is 0 Å². The van der Waals surface area contributed by atoms with Gasteiger partial charge in [-0.15, -0.1) is 0 Å². The molecule has 0 aromatic carbocycles. The van der Waals surface area contributed by atoms with Crippen LogP contribution in [0.3, 0.4) is 0 Å². The fourth-order valence-electron chi connectivity index (χ4n) is 10.5. The van der Waals surface area contributed by atoms with Crippen LogP contribution < -0.4 is 0 Å². The summed E-state index contributed by atoms with van der Waals surface area (Å²) in [6, 6.07) is 0. The Kier molecular flexibility index (Phi) is 64.1. The summed E-state index contributed by atoms with van der Waals surface area (Å²) in [6.45, 7) is 6.58. The van der Waals surface area contributed by atoms with Crippen molar-refractivity contribution in [1.29, 1.82) is 0 Å². The average Bonchev–Trinajstić information content (AvgIpc) is 3.43. The Labute approximate surface area is 480 Å². The third-order valence-corrected chi connectivity index (χ3v) is 15.7. The lowest BCUT2D eigenvalue weighted by Gasteiger charge is -2.18. The molecule has 77 heavy (non-hydrogen) atoms. The molecular weight excluding hydrogens is 949 g/mol. The molecule has 0 spiro atoms.